The molecule has 0 saturated carbocycles. The van der Waals surface area contributed by atoms with Crippen LogP contribution in [0.1, 0.15) is 34.4 Å². The smallest absolute Gasteiger partial charge is 0.238 e. The lowest BCUT2D eigenvalue weighted by Gasteiger charge is -2.12. The number of aliphatic imine (C=N–C) groups is 1. The minimum absolute atomic E-state index is 0.178. The van der Waals surface area contributed by atoms with Crippen molar-refractivity contribution in [2.24, 2.45) is 4.99 Å². The summed E-state index contributed by atoms with van der Waals surface area (Å²) in [5, 5.41) is 10.0. The van der Waals surface area contributed by atoms with Gasteiger partial charge in [0.2, 0.25) is 5.90 Å². The number of hydrogen-bond acceptors (Lipinski definition) is 6. The van der Waals surface area contributed by atoms with Crippen LogP contribution >= 0.6 is 23.2 Å². The number of methoxy groups -OCH3 is 1. The van der Waals surface area contributed by atoms with Crippen molar-refractivity contribution in [3.05, 3.63) is 87.2 Å². The second-order valence-electron chi connectivity index (χ2n) is 7.85. The summed E-state index contributed by atoms with van der Waals surface area (Å²) < 4.78 is 15.4. The lowest BCUT2D eigenvalue weighted by atomic mass is 10.1. The van der Waals surface area contributed by atoms with Crippen molar-refractivity contribution in [3.8, 4) is 11.4 Å². The highest BCUT2D eigenvalue weighted by atomic mass is 35.5. The zero-order valence-electron chi connectivity index (χ0n) is 17.6. The zero-order chi connectivity index (χ0) is 22.5. The fraction of sp³-hybridized carbons (Fsp3) is 0.217. The Morgan fingerprint density at radius 3 is 2.70 bits per heavy atom. The van der Waals surface area contributed by atoms with Gasteiger partial charge in [0.1, 0.15) is 23.8 Å². The molecule has 166 valence electrons. The molecular weight excluding hydrogens is 463 g/mol. The van der Waals surface area contributed by atoms with E-state index < -0.39 is 0 Å². The van der Waals surface area contributed by atoms with Crippen LogP contribution < -0.4 is 0 Å². The largest absolute Gasteiger partial charge is 0.466 e. The fourth-order valence-corrected chi connectivity index (χ4v) is 4.56. The highest BCUT2D eigenvalue weighted by Crippen LogP contribution is 2.34. The zero-order valence-corrected chi connectivity index (χ0v) is 19.1. The first-order valence-electron chi connectivity index (χ1n) is 10.4. The molecule has 10 heteroatoms. The Kier molecular flexibility index (Phi) is 4.94. The number of fused-ring (bicyclic) bond motifs is 5. The molecule has 0 fully saturated rings. The lowest BCUT2D eigenvalue weighted by molar-refractivity contribution is 0.180. The number of nitrogens with zero attached hydrogens (tertiary/aromatic N) is 6. The molecule has 4 heterocycles. The monoisotopic (exact) mass is 480 g/mol. The van der Waals surface area contributed by atoms with Crippen molar-refractivity contribution in [2.45, 2.75) is 19.1 Å². The van der Waals surface area contributed by atoms with Gasteiger partial charge in [-0.15, -0.1) is 5.10 Å². The summed E-state index contributed by atoms with van der Waals surface area (Å²) in [6, 6.07) is 13.3. The molecule has 2 aliphatic heterocycles. The Morgan fingerprint density at radius 1 is 1.06 bits per heavy atom. The normalized spacial score (nSPS) is 16.5. The van der Waals surface area contributed by atoms with Crippen LogP contribution in [-0.2, 0) is 22.5 Å². The van der Waals surface area contributed by atoms with Crippen LogP contribution in [0.15, 0.2) is 53.8 Å². The van der Waals surface area contributed by atoms with Crippen molar-refractivity contribution in [1.29, 1.82) is 0 Å². The Bertz CT molecular complexity index is 1390. The summed E-state index contributed by atoms with van der Waals surface area (Å²) in [5.74, 6) is 0.522. The number of hydrogen-bond donors (Lipinski definition) is 0. The Hall–Kier alpha value is -3.20. The minimum Gasteiger partial charge on any atom is -0.466 e. The van der Waals surface area contributed by atoms with Gasteiger partial charge < -0.3 is 9.47 Å². The van der Waals surface area contributed by atoms with Gasteiger partial charge in [-0.1, -0.05) is 40.5 Å². The molecule has 0 bridgehead atoms. The first-order chi connectivity index (χ1) is 16.1. The van der Waals surface area contributed by atoms with Gasteiger partial charge in [-0.3, -0.25) is 4.57 Å². The molecule has 33 heavy (non-hydrogen) atoms. The first kappa shape index (κ1) is 20.4. The highest BCUT2D eigenvalue weighted by molar-refractivity contribution is 6.31. The number of rotatable bonds is 4. The predicted octanol–water partition coefficient (Wildman–Crippen LogP) is 4.33. The SMILES string of the molecule is COCc1nnn2c1Cc1c(C3=NC[C@@H](c4ccc(Cl)cc4)O3)ncn1-c1ccc(Cl)cc1-2. The van der Waals surface area contributed by atoms with Crippen molar-refractivity contribution in [3.63, 3.8) is 0 Å². The van der Waals surface area contributed by atoms with Crippen LogP contribution in [0.5, 0.6) is 0 Å². The molecule has 0 spiro atoms. The molecule has 6 rings (SSSR count). The molecule has 0 radical (unpaired) electrons. The lowest BCUT2D eigenvalue weighted by Crippen LogP contribution is -2.11. The van der Waals surface area contributed by atoms with Crippen LogP contribution in [0.25, 0.3) is 11.4 Å². The van der Waals surface area contributed by atoms with Gasteiger partial charge in [0, 0.05) is 23.6 Å². The topological polar surface area (TPSA) is 79.3 Å². The Labute approximate surface area is 199 Å². The van der Waals surface area contributed by atoms with Gasteiger partial charge in [0.15, 0.2) is 0 Å². The molecule has 0 N–H and O–H groups in total. The number of imidazole rings is 1. The maximum Gasteiger partial charge on any atom is 0.238 e. The second-order valence-corrected chi connectivity index (χ2v) is 8.72. The standard InChI is InChI=1S/C23H18Cl2N6O2/c1-32-11-16-18-9-20-22(23-26-10-21(33-23)13-2-4-14(24)5-3-13)27-12-30(20)17-7-6-15(25)8-19(17)31(18)29-28-16/h2-8,12,21H,9-11H2,1H3/t21-/m0/s1. The molecule has 8 nitrogen and oxygen atoms in total. The summed E-state index contributed by atoms with van der Waals surface area (Å²) in [6.45, 7) is 0.870. The van der Waals surface area contributed by atoms with Crippen molar-refractivity contribution in [1.82, 2.24) is 24.5 Å². The summed E-state index contributed by atoms with van der Waals surface area (Å²) >= 11 is 12.4. The fourth-order valence-electron chi connectivity index (χ4n) is 4.27. The second kappa shape index (κ2) is 7.98. The van der Waals surface area contributed by atoms with E-state index in [0.717, 1.165) is 34.0 Å². The number of aromatic nitrogens is 5. The van der Waals surface area contributed by atoms with E-state index in [9.17, 15) is 0 Å². The maximum absolute atomic E-state index is 6.33. The van der Waals surface area contributed by atoms with Crippen molar-refractivity contribution < 1.29 is 9.47 Å². The molecule has 0 aliphatic carbocycles. The third kappa shape index (κ3) is 3.42. The highest BCUT2D eigenvalue weighted by Gasteiger charge is 2.31. The maximum atomic E-state index is 6.33. The molecule has 2 aromatic carbocycles. The van der Waals surface area contributed by atoms with Crippen LogP contribution in [0.4, 0.5) is 0 Å². The van der Waals surface area contributed by atoms with E-state index in [1.165, 1.54) is 0 Å². The van der Waals surface area contributed by atoms with E-state index in [2.05, 4.69) is 20.3 Å². The van der Waals surface area contributed by atoms with E-state index in [0.29, 0.717) is 41.2 Å². The van der Waals surface area contributed by atoms with Crippen LogP contribution in [0.3, 0.4) is 0 Å². The molecule has 2 aromatic heterocycles. The molecule has 0 saturated heterocycles. The Morgan fingerprint density at radius 2 is 1.88 bits per heavy atom. The van der Waals surface area contributed by atoms with Crippen molar-refractivity contribution in [2.75, 3.05) is 13.7 Å². The van der Waals surface area contributed by atoms with Crippen LogP contribution in [0, 0.1) is 0 Å². The van der Waals surface area contributed by atoms with E-state index in [1.54, 1.807) is 13.4 Å². The summed E-state index contributed by atoms with van der Waals surface area (Å²) in [4.78, 5) is 9.36. The van der Waals surface area contributed by atoms with Crippen molar-refractivity contribution >= 4 is 29.1 Å². The predicted molar refractivity (Wildman–Crippen MR) is 124 cm³/mol. The van der Waals surface area contributed by atoms with E-state index in [4.69, 9.17) is 32.7 Å². The number of ether oxygens (including phenoxy) is 2. The van der Waals surface area contributed by atoms with E-state index in [-0.39, 0.29) is 6.10 Å². The van der Waals surface area contributed by atoms with Crippen LogP contribution in [-0.4, -0.2) is 44.1 Å². The number of halogens is 2. The van der Waals surface area contributed by atoms with E-state index >= 15 is 0 Å². The molecule has 4 aromatic rings. The molecular formula is C23H18Cl2N6O2. The molecule has 0 amide bonds. The molecule has 0 unspecified atom stereocenters. The van der Waals surface area contributed by atoms with Gasteiger partial charge >= 0.3 is 0 Å². The Balaban J connectivity index is 1.43. The number of benzene rings is 2. The quantitative estimate of drug-likeness (QED) is 0.382. The molecule has 2 aliphatic rings. The summed E-state index contributed by atoms with van der Waals surface area (Å²) in [5.41, 5.74) is 6.05. The van der Waals surface area contributed by atoms with Gasteiger partial charge in [0.25, 0.3) is 0 Å². The van der Waals surface area contributed by atoms with Gasteiger partial charge in [-0.05, 0) is 35.9 Å². The minimum atomic E-state index is -0.178. The van der Waals surface area contributed by atoms with Gasteiger partial charge in [-0.2, -0.15) is 0 Å². The van der Waals surface area contributed by atoms with Gasteiger partial charge in [0.05, 0.1) is 35.9 Å². The first-order valence-corrected chi connectivity index (χ1v) is 11.1. The average Bonchev–Trinajstić information content (AvgIpc) is 3.53. The summed E-state index contributed by atoms with van der Waals surface area (Å²) in [7, 11) is 1.64. The third-order valence-corrected chi connectivity index (χ3v) is 6.34. The summed E-state index contributed by atoms with van der Waals surface area (Å²) in [6.07, 6.45) is 2.14. The average molecular weight is 481 g/mol. The molecule has 1 atom stereocenters. The third-order valence-electron chi connectivity index (χ3n) is 5.85. The van der Waals surface area contributed by atoms with Crippen LogP contribution in [0.2, 0.25) is 10.0 Å². The van der Waals surface area contributed by atoms with E-state index in [1.807, 2.05) is 51.7 Å². The van der Waals surface area contributed by atoms with Gasteiger partial charge in [-0.25, -0.2) is 14.7 Å².